The molecule has 20 heavy (non-hydrogen) atoms. The van der Waals surface area contributed by atoms with Crippen molar-refractivity contribution in [2.75, 3.05) is 13.7 Å². The van der Waals surface area contributed by atoms with Crippen molar-refractivity contribution in [3.05, 3.63) is 47.5 Å². The predicted molar refractivity (Wildman–Crippen MR) is 74.8 cm³/mol. The third-order valence-corrected chi connectivity index (χ3v) is 3.08. The lowest BCUT2D eigenvalue weighted by atomic mass is 10.2. The minimum atomic E-state index is -0.264. The summed E-state index contributed by atoms with van der Waals surface area (Å²) in [5, 5.41) is 3.09. The Kier molecular flexibility index (Phi) is 3.52. The number of nitrogens with zero attached hydrogens (tertiary/aromatic N) is 2. The van der Waals surface area contributed by atoms with Crippen molar-refractivity contribution in [2.24, 2.45) is 0 Å². The van der Waals surface area contributed by atoms with Gasteiger partial charge >= 0.3 is 0 Å². The molecule has 1 aromatic heterocycles. The van der Waals surface area contributed by atoms with Crippen LogP contribution in [0.25, 0.3) is 0 Å². The molecule has 0 spiro atoms. The molecule has 0 radical (unpaired) electrons. The van der Waals surface area contributed by atoms with Gasteiger partial charge in [0, 0.05) is 12.2 Å². The highest BCUT2D eigenvalue weighted by Gasteiger charge is 2.25. The molecule has 0 aliphatic carbocycles. The Hall–Kier alpha value is -2.14. The molecule has 2 aromatic rings. The van der Waals surface area contributed by atoms with E-state index in [0.29, 0.717) is 19.0 Å². The van der Waals surface area contributed by atoms with Crippen LogP contribution in [0.3, 0.4) is 0 Å². The van der Waals surface area contributed by atoms with Crippen molar-refractivity contribution in [3.8, 4) is 11.5 Å². The van der Waals surface area contributed by atoms with Gasteiger partial charge in [-0.3, -0.25) is 0 Å². The van der Waals surface area contributed by atoms with E-state index in [4.69, 9.17) is 9.47 Å². The van der Waals surface area contributed by atoms with E-state index in [1.165, 1.54) is 0 Å². The number of para-hydroxylation sites is 2. The van der Waals surface area contributed by atoms with E-state index in [1.54, 1.807) is 0 Å². The summed E-state index contributed by atoms with van der Waals surface area (Å²) in [6.45, 7) is 3.10. The Morgan fingerprint density at radius 2 is 2.05 bits per heavy atom. The van der Waals surface area contributed by atoms with Gasteiger partial charge < -0.3 is 14.8 Å². The highest BCUT2D eigenvalue weighted by atomic mass is 16.6. The second-order valence-corrected chi connectivity index (χ2v) is 4.75. The summed E-state index contributed by atoms with van der Waals surface area (Å²) in [6, 6.07) is 9.61. The monoisotopic (exact) mass is 271 g/mol. The van der Waals surface area contributed by atoms with Gasteiger partial charge in [-0.05, 0) is 32.2 Å². The molecular formula is C15H17N3O2. The van der Waals surface area contributed by atoms with Crippen molar-refractivity contribution in [1.82, 2.24) is 15.3 Å². The molecule has 1 atom stereocenters. The van der Waals surface area contributed by atoms with Crippen LogP contribution in [-0.2, 0) is 6.54 Å². The summed E-state index contributed by atoms with van der Waals surface area (Å²) in [4.78, 5) is 9.01. The fourth-order valence-corrected chi connectivity index (χ4v) is 2.22. The highest BCUT2D eigenvalue weighted by Crippen LogP contribution is 2.34. The molecule has 1 aliphatic heterocycles. The number of hydrogen-bond donors (Lipinski definition) is 1. The van der Waals surface area contributed by atoms with E-state index >= 15 is 0 Å². The molecule has 0 amide bonds. The first-order valence-electron chi connectivity index (χ1n) is 6.64. The number of hydrogen-bond acceptors (Lipinski definition) is 5. The van der Waals surface area contributed by atoms with E-state index in [-0.39, 0.29) is 6.10 Å². The molecule has 1 aliphatic rings. The van der Waals surface area contributed by atoms with Gasteiger partial charge in [0.05, 0.1) is 5.69 Å². The average Bonchev–Trinajstić information content (AvgIpc) is 2.46. The third kappa shape index (κ3) is 2.58. The molecule has 5 heteroatoms. The van der Waals surface area contributed by atoms with Crippen LogP contribution in [0.4, 0.5) is 0 Å². The SMILES string of the molecule is CNCc1cc(C)nc(C2COc3ccccc3O2)n1. The van der Waals surface area contributed by atoms with Crippen LogP contribution < -0.4 is 14.8 Å². The summed E-state index contributed by atoms with van der Waals surface area (Å²) < 4.78 is 11.6. The van der Waals surface area contributed by atoms with Crippen LogP contribution >= 0.6 is 0 Å². The fraction of sp³-hybridized carbons (Fsp3) is 0.333. The molecular weight excluding hydrogens is 254 g/mol. The molecule has 1 unspecified atom stereocenters. The molecule has 1 N–H and O–H groups in total. The van der Waals surface area contributed by atoms with Gasteiger partial charge in [0.25, 0.3) is 0 Å². The summed E-state index contributed by atoms with van der Waals surface area (Å²) in [5.41, 5.74) is 1.89. The van der Waals surface area contributed by atoms with Crippen LogP contribution in [-0.4, -0.2) is 23.6 Å². The van der Waals surface area contributed by atoms with Gasteiger partial charge in [0.1, 0.15) is 6.61 Å². The van der Waals surface area contributed by atoms with E-state index in [1.807, 2.05) is 44.3 Å². The van der Waals surface area contributed by atoms with E-state index in [9.17, 15) is 0 Å². The zero-order chi connectivity index (χ0) is 13.9. The minimum absolute atomic E-state index is 0.264. The van der Waals surface area contributed by atoms with Crippen LogP contribution in [0.15, 0.2) is 30.3 Å². The number of fused-ring (bicyclic) bond motifs is 1. The fourth-order valence-electron chi connectivity index (χ4n) is 2.22. The molecule has 5 nitrogen and oxygen atoms in total. The Labute approximate surface area is 118 Å². The third-order valence-electron chi connectivity index (χ3n) is 3.08. The van der Waals surface area contributed by atoms with Crippen molar-refractivity contribution in [1.29, 1.82) is 0 Å². The Balaban J connectivity index is 1.87. The van der Waals surface area contributed by atoms with Crippen molar-refractivity contribution < 1.29 is 9.47 Å². The van der Waals surface area contributed by atoms with Crippen LogP contribution in [0.5, 0.6) is 11.5 Å². The van der Waals surface area contributed by atoms with Gasteiger partial charge in [-0.2, -0.15) is 0 Å². The Morgan fingerprint density at radius 3 is 2.85 bits per heavy atom. The van der Waals surface area contributed by atoms with Gasteiger partial charge in [0.2, 0.25) is 0 Å². The number of benzene rings is 1. The Bertz CT molecular complexity index is 616. The number of rotatable bonds is 3. The lowest BCUT2D eigenvalue weighted by Gasteiger charge is -2.25. The van der Waals surface area contributed by atoms with Crippen LogP contribution in [0.2, 0.25) is 0 Å². The quantitative estimate of drug-likeness (QED) is 0.925. The first-order valence-corrected chi connectivity index (χ1v) is 6.64. The van der Waals surface area contributed by atoms with Crippen molar-refractivity contribution in [3.63, 3.8) is 0 Å². The molecule has 0 bridgehead atoms. The maximum absolute atomic E-state index is 5.94. The van der Waals surface area contributed by atoms with Gasteiger partial charge in [0.15, 0.2) is 23.4 Å². The number of aryl methyl sites for hydroxylation is 1. The maximum Gasteiger partial charge on any atom is 0.192 e. The predicted octanol–water partition coefficient (Wildman–Crippen LogP) is 2.02. The minimum Gasteiger partial charge on any atom is -0.485 e. The Morgan fingerprint density at radius 1 is 1.25 bits per heavy atom. The van der Waals surface area contributed by atoms with E-state index in [2.05, 4.69) is 15.3 Å². The second kappa shape index (κ2) is 5.46. The normalized spacial score (nSPS) is 17.0. The number of nitrogens with one attached hydrogen (secondary N) is 1. The zero-order valence-electron chi connectivity index (χ0n) is 11.6. The lowest BCUT2D eigenvalue weighted by Crippen LogP contribution is -2.24. The molecule has 1 aromatic carbocycles. The summed E-state index contributed by atoms with van der Waals surface area (Å²) in [5.74, 6) is 2.18. The maximum atomic E-state index is 5.94. The highest BCUT2D eigenvalue weighted by molar-refractivity contribution is 5.41. The van der Waals surface area contributed by atoms with Crippen molar-refractivity contribution in [2.45, 2.75) is 19.6 Å². The summed E-state index contributed by atoms with van der Waals surface area (Å²) in [7, 11) is 1.90. The molecule has 0 saturated heterocycles. The van der Waals surface area contributed by atoms with Crippen LogP contribution in [0, 0.1) is 6.92 Å². The molecule has 3 rings (SSSR count). The summed E-state index contributed by atoms with van der Waals surface area (Å²) in [6.07, 6.45) is -0.264. The largest absolute Gasteiger partial charge is 0.485 e. The topological polar surface area (TPSA) is 56.3 Å². The zero-order valence-corrected chi connectivity index (χ0v) is 11.6. The van der Waals surface area contributed by atoms with Gasteiger partial charge in [-0.25, -0.2) is 9.97 Å². The smallest absolute Gasteiger partial charge is 0.192 e. The van der Waals surface area contributed by atoms with Gasteiger partial charge in [-0.15, -0.1) is 0 Å². The van der Waals surface area contributed by atoms with Crippen LogP contribution in [0.1, 0.15) is 23.3 Å². The first kappa shape index (κ1) is 12.9. The summed E-state index contributed by atoms with van der Waals surface area (Å²) >= 11 is 0. The molecule has 2 heterocycles. The standard InChI is InChI=1S/C15H17N3O2/c1-10-7-11(8-16-2)18-15(17-10)14-9-19-12-5-3-4-6-13(12)20-14/h3-7,14,16H,8-9H2,1-2H3. The number of aromatic nitrogens is 2. The molecule has 0 saturated carbocycles. The number of ether oxygens (including phenoxy) is 2. The molecule has 104 valence electrons. The molecule has 0 fully saturated rings. The lowest BCUT2D eigenvalue weighted by molar-refractivity contribution is 0.0847. The van der Waals surface area contributed by atoms with E-state index < -0.39 is 0 Å². The van der Waals surface area contributed by atoms with Crippen molar-refractivity contribution >= 4 is 0 Å². The second-order valence-electron chi connectivity index (χ2n) is 4.75. The van der Waals surface area contributed by atoms with Gasteiger partial charge in [-0.1, -0.05) is 12.1 Å². The first-order chi connectivity index (χ1) is 9.76. The average molecular weight is 271 g/mol. The van der Waals surface area contributed by atoms with E-state index in [0.717, 1.165) is 22.9 Å².